The largest absolute Gasteiger partial charge is 0.433 e. The van der Waals surface area contributed by atoms with E-state index in [1.165, 1.54) is 12.1 Å². The zero-order valence-electron chi connectivity index (χ0n) is 13.5. The summed E-state index contributed by atoms with van der Waals surface area (Å²) in [6, 6.07) is 6.50. The maximum absolute atomic E-state index is 13.0. The number of halogens is 4. The van der Waals surface area contributed by atoms with E-state index in [2.05, 4.69) is 20.6 Å². The van der Waals surface area contributed by atoms with Crippen molar-refractivity contribution in [3.05, 3.63) is 47.4 Å². The standard InChI is InChI=1S/C16H18F4N4/c1-15(2,3)24-14-22-12(16(18,19)20)8-13(23-14)21-9-10-4-6-11(17)7-5-10/h4-8H,9H2,1-3H3,(H2,21,22,23,24). The Bertz CT molecular complexity index is 691. The monoisotopic (exact) mass is 342 g/mol. The van der Waals surface area contributed by atoms with Crippen LogP contribution in [0.15, 0.2) is 30.3 Å². The van der Waals surface area contributed by atoms with Gasteiger partial charge in [-0.1, -0.05) is 12.1 Å². The quantitative estimate of drug-likeness (QED) is 0.806. The van der Waals surface area contributed by atoms with Gasteiger partial charge in [0, 0.05) is 18.2 Å². The molecule has 0 aliphatic rings. The Morgan fingerprint density at radius 3 is 2.17 bits per heavy atom. The van der Waals surface area contributed by atoms with Crippen molar-refractivity contribution in [1.82, 2.24) is 9.97 Å². The molecular weight excluding hydrogens is 324 g/mol. The first-order chi connectivity index (χ1) is 11.0. The first-order valence-corrected chi connectivity index (χ1v) is 7.26. The van der Waals surface area contributed by atoms with E-state index < -0.39 is 17.4 Å². The van der Waals surface area contributed by atoms with E-state index in [1.807, 2.05) is 0 Å². The van der Waals surface area contributed by atoms with Gasteiger partial charge < -0.3 is 10.6 Å². The fourth-order valence-corrected chi connectivity index (χ4v) is 1.87. The van der Waals surface area contributed by atoms with Gasteiger partial charge in [-0.05, 0) is 38.5 Å². The Hall–Kier alpha value is -2.38. The number of hydrogen-bond donors (Lipinski definition) is 2. The minimum absolute atomic E-state index is 0.0356. The Labute approximate surface area is 137 Å². The lowest BCUT2D eigenvalue weighted by molar-refractivity contribution is -0.141. The first-order valence-electron chi connectivity index (χ1n) is 7.26. The van der Waals surface area contributed by atoms with Crippen molar-refractivity contribution in [2.24, 2.45) is 0 Å². The van der Waals surface area contributed by atoms with Gasteiger partial charge in [0.2, 0.25) is 5.95 Å². The zero-order chi connectivity index (χ0) is 18.0. The van der Waals surface area contributed by atoms with E-state index in [4.69, 9.17) is 0 Å². The third-order valence-corrected chi connectivity index (χ3v) is 2.89. The van der Waals surface area contributed by atoms with Gasteiger partial charge >= 0.3 is 6.18 Å². The van der Waals surface area contributed by atoms with Crippen molar-refractivity contribution in [3.63, 3.8) is 0 Å². The molecule has 0 amide bonds. The molecule has 1 aromatic heterocycles. The number of alkyl halides is 3. The molecule has 2 N–H and O–H groups in total. The summed E-state index contributed by atoms with van der Waals surface area (Å²) in [6.45, 7) is 5.59. The van der Waals surface area contributed by atoms with Crippen LogP contribution >= 0.6 is 0 Å². The number of hydrogen-bond acceptors (Lipinski definition) is 4. The van der Waals surface area contributed by atoms with Crippen LogP contribution in [0.5, 0.6) is 0 Å². The smallest absolute Gasteiger partial charge is 0.366 e. The highest BCUT2D eigenvalue weighted by Crippen LogP contribution is 2.30. The normalized spacial score (nSPS) is 12.1. The first kappa shape index (κ1) is 18.0. The van der Waals surface area contributed by atoms with E-state index in [0.29, 0.717) is 5.56 Å². The van der Waals surface area contributed by atoms with Gasteiger partial charge in [-0.3, -0.25) is 0 Å². The summed E-state index contributed by atoms with van der Waals surface area (Å²) in [5.74, 6) is -0.455. The molecule has 0 fully saturated rings. The number of anilines is 2. The summed E-state index contributed by atoms with van der Waals surface area (Å²) >= 11 is 0. The highest BCUT2D eigenvalue weighted by molar-refractivity contribution is 5.44. The van der Waals surface area contributed by atoms with Crippen LogP contribution < -0.4 is 10.6 Å². The molecule has 2 aromatic rings. The highest BCUT2D eigenvalue weighted by atomic mass is 19.4. The van der Waals surface area contributed by atoms with Crippen LogP contribution in [0.3, 0.4) is 0 Å². The highest BCUT2D eigenvalue weighted by Gasteiger charge is 2.34. The summed E-state index contributed by atoms with van der Waals surface area (Å²) in [6.07, 6.45) is -4.58. The number of nitrogens with zero attached hydrogens (tertiary/aromatic N) is 2. The Balaban J connectivity index is 2.24. The lowest BCUT2D eigenvalue weighted by Gasteiger charge is -2.21. The average Bonchev–Trinajstić information content (AvgIpc) is 2.44. The number of rotatable bonds is 4. The van der Waals surface area contributed by atoms with Crippen molar-refractivity contribution in [1.29, 1.82) is 0 Å². The van der Waals surface area contributed by atoms with Gasteiger partial charge in [-0.15, -0.1) is 0 Å². The predicted molar refractivity (Wildman–Crippen MR) is 84.1 cm³/mol. The number of nitrogens with one attached hydrogen (secondary N) is 2. The minimum atomic E-state index is -4.58. The van der Waals surface area contributed by atoms with Crippen molar-refractivity contribution < 1.29 is 17.6 Å². The fraction of sp³-hybridized carbons (Fsp3) is 0.375. The molecule has 1 heterocycles. The lowest BCUT2D eigenvalue weighted by atomic mass is 10.1. The SMILES string of the molecule is CC(C)(C)Nc1nc(NCc2ccc(F)cc2)cc(C(F)(F)F)n1. The van der Waals surface area contributed by atoms with Gasteiger partial charge in [0.25, 0.3) is 0 Å². The van der Waals surface area contributed by atoms with Crippen LogP contribution in [0, 0.1) is 5.82 Å². The van der Waals surface area contributed by atoms with E-state index in [9.17, 15) is 17.6 Å². The van der Waals surface area contributed by atoms with Crippen molar-refractivity contribution in [2.75, 3.05) is 10.6 Å². The molecule has 1 aromatic carbocycles. The molecule has 130 valence electrons. The molecule has 0 aliphatic carbocycles. The second-order valence-corrected chi connectivity index (χ2v) is 6.31. The third-order valence-electron chi connectivity index (χ3n) is 2.89. The zero-order valence-corrected chi connectivity index (χ0v) is 13.5. The van der Waals surface area contributed by atoms with Crippen LogP contribution in [-0.4, -0.2) is 15.5 Å². The van der Waals surface area contributed by atoms with Crippen LogP contribution in [0.2, 0.25) is 0 Å². The van der Waals surface area contributed by atoms with Crippen molar-refractivity contribution in [3.8, 4) is 0 Å². The Morgan fingerprint density at radius 1 is 1.00 bits per heavy atom. The molecule has 0 unspecified atom stereocenters. The molecule has 0 saturated heterocycles. The second kappa shape index (κ2) is 6.62. The topological polar surface area (TPSA) is 49.8 Å². The molecule has 0 atom stereocenters. The van der Waals surface area contributed by atoms with Gasteiger partial charge in [-0.25, -0.2) is 9.37 Å². The molecule has 0 aliphatic heterocycles. The molecule has 2 rings (SSSR count). The summed E-state index contributed by atoms with van der Waals surface area (Å²) < 4.78 is 51.9. The molecule has 0 bridgehead atoms. The van der Waals surface area contributed by atoms with E-state index in [1.54, 1.807) is 32.9 Å². The summed E-state index contributed by atoms with van der Waals surface area (Å²) in [5.41, 5.74) is -0.807. The van der Waals surface area contributed by atoms with Crippen molar-refractivity contribution >= 4 is 11.8 Å². The van der Waals surface area contributed by atoms with Gasteiger partial charge in [0.1, 0.15) is 11.6 Å². The second-order valence-electron chi connectivity index (χ2n) is 6.31. The molecular formula is C16H18F4N4. The Morgan fingerprint density at radius 2 is 1.62 bits per heavy atom. The lowest BCUT2D eigenvalue weighted by Crippen LogP contribution is -2.28. The van der Waals surface area contributed by atoms with E-state index >= 15 is 0 Å². The number of aromatic nitrogens is 2. The summed E-state index contributed by atoms with van der Waals surface area (Å²) in [7, 11) is 0. The Kier molecular flexibility index (Phi) is 4.96. The van der Waals surface area contributed by atoms with Crippen LogP contribution in [0.25, 0.3) is 0 Å². The van der Waals surface area contributed by atoms with Gasteiger partial charge in [0.15, 0.2) is 5.69 Å². The average molecular weight is 342 g/mol. The van der Waals surface area contributed by atoms with Crippen LogP contribution in [-0.2, 0) is 12.7 Å². The molecule has 8 heteroatoms. The van der Waals surface area contributed by atoms with Crippen LogP contribution in [0.4, 0.5) is 29.3 Å². The molecule has 0 spiro atoms. The minimum Gasteiger partial charge on any atom is -0.366 e. The van der Waals surface area contributed by atoms with E-state index in [0.717, 1.165) is 6.07 Å². The summed E-state index contributed by atoms with van der Waals surface area (Å²) in [4.78, 5) is 7.58. The maximum Gasteiger partial charge on any atom is 0.433 e. The van der Waals surface area contributed by atoms with Gasteiger partial charge in [0.05, 0.1) is 0 Å². The predicted octanol–water partition coefficient (Wildman–Crippen LogP) is 4.46. The van der Waals surface area contributed by atoms with Crippen molar-refractivity contribution in [2.45, 2.75) is 39.0 Å². The van der Waals surface area contributed by atoms with E-state index in [-0.39, 0.29) is 24.1 Å². The molecule has 24 heavy (non-hydrogen) atoms. The van der Waals surface area contributed by atoms with Gasteiger partial charge in [-0.2, -0.15) is 18.2 Å². The number of benzene rings is 1. The molecule has 0 radical (unpaired) electrons. The maximum atomic E-state index is 13.0. The molecule has 4 nitrogen and oxygen atoms in total. The molecule has 0 saturated carbocycles. The fourth-order valence-electron chi connectivity index (χ4n) is 1.87. The summed E-state index contributed by atoms with van der Waals surface area (Å²) in [5, 5.41) is 5.63. The third kappa shape index (κ3) is 5.36. The van der Waals surface area contributed by atoms with Crippen LogP contribution in [0.1, 0.15) is 32.0 Å².